The molecule has 204 valence electrons. The minimum Gasteiger partial charge on any atom is -0.442 e. The second-order valence-corrected chi connectivity index (χ2v) is 9.17. The Hall–Kier alpha value is -5.19. The van der Waals surface area contributed by atoms with Crippen molar-refractivity contribution in [1.82, 2.24) is 20.4 Å². The molecule has 11 nitrogen and oxygen atoms in total. The lowest BCUT2D eigenvalue weighted by Crippen LogP contribution is -2.43. The molecule has 40 heavy (non-hydrogen) atoms. The lowest BCUT2D eigenvalue weighted by atomic mass is 10.1. The summed E-state index contributed by atoms with van der Waals surface area (Å²) in [6.45, 7) is 8.54. The van der Waals surface area contributed by atoms with E-state index in [1.165, 1.54) is 17.6 Å². The molecule has 2 amide bonds. The zero-order valence-corrected chi connectivity index (χ0v) is 22.4. The molecule has 0 aliphatic heterocycles. The molecular weight excluding hydrogens is 514 g/mol. The second kappa shape index (κ2) is 10.5. The zero-order valence-electron chi connectivity index (χ0n) is 22.4. The standard InChI is InChI=1S/C29H27N5O6/c1-5-33(6-2)29-30-26-23(27(37)34(29)19-13-11-16(3)12-14-19)22(17(4)39-26)25(36)32-31-24(35)20-15-18-9-7-8-10-21(18)40-28(20)38/h7-15H,5-6H2,1-4H3,(H,31,35)(H,32,36). The molecule has 0 fully saturated rings. The quantitative estimate of drug-likeness (QED) is 0.245. The summed E-state index contributed by atoms with van der Waals surface area (Å²) in [6, 6.07) is 15.5. The van der Waals surface area contributed by atoms with Gasteiger partial charge in [-0.1, -0.05) is 35.9 Å². The Bertz CT molecular complexity index is 1880. The molecule has 0 aliphatic rings. The predicted octanol–water partition coefficient (Wildman–Crippen LogP) is 3.62. The lowest BCUT2D eigenvalue weighted by Gasteiger charge is -2.23. The minimum atomic E-state index is -0.877. The Morgan fingerprint density at radius 3 is 2.30 bits per heavy atom. The van der Waals surface area contributed by atoms with Crippen molar-refractivity contribution in [3.05, 3.63) is 97.8 Å². The molecule has 3 heterocycles. The third kappa shape index (κ3) is 4.62. The average Bonchev–Trinajstić information content (AvgIpc) is 3.28. The molecule has 3 aromatic heterocycles. The number of amides is 2. The fourth-order valence-electron chi connectivity index (χ4n) is 4.53. The van der Waals surface area contributed by atoms with E-state index >= 15 is 0 Å². The first-order valence-corrected chi connectivity index (χ1v) is 12.7. The lowest BCUT2D eigenvalue weighted by molar-refractivity contribution is 0.0844. The van der Waals surface area contributed by atoms with E-state index in [2.05, 4.69) is 15.8 Å². The summed E-state index contributed by atoms with van der Waals surface area (Å²) in [5, 5.41) is 0.507. The largest absolute Gasteiger partial charge is 0.442 e. The molecule has 5 aromatic rings. The summed E-state index contributed by atoms with van der Waals surface area (Å²) >= 11 is 0. The normalized spacial score (nSPS) is 11.1. The molecule has 0 aliphatic carbocycles. The van der Waals surface area contributed by atoms with Crippen LogP contribution in [0.1, 0.15) is 45.9 Å². The van der Waals surface area contributed by atoms with Crippen LogP contribution in [0.15, 0.2) is 73.0 Å². The number of hydrogen-bond acceptors (Lipinski definition) is 8. The first-order valence-electron chi connectivity index (χ1n) is 12.7. The third-order valence-corrected chi connectivity index (χ3v) is 6.63. The summed E-state index contributed by atoms with van der Waals surface area (Å²) in [4.78, 5) is 58.9. The van der Waals surface area contributed by atoms with Gasteiger partial charge in [0.05, 0.1) is 11.3 Å². The number of carbonyl (C=O) groups excluding carboxylic acids is 2. The van der Waals surface area contributed by atoms with Crippen LogP contribution in [0.2, 0.25) is 0 Å². The van der Waals surface area contributed by atoms with Crippen molar-refractivity contribution in [3.63, 3.8) is 0 Å². The highest BCUT2D eigenvalue weighted by Crippen LogP contribution is 2.26. The van der Waals surface area contributed by atoms with Crippen LogP contribution in [0.25, 0.3) is 27.8 Å². The number of carbonyl (C=O) groups is 2. The Kier molecular flexibility index (Phi) is 6.95. The van der Waals surface area contributed by atoms with E-state index in [0.717, 1.165) is 5.56 Å². The average molecular weight is 542 g/mol. The van der Waals surface area contributed by atoms with E-state index in [4.69, 9.17) is 8.83 Å². The highest BCUT2D eigenvalue weighted by Gasteiger charge is 2.27. The van der Waals surface area contributed by atoms with Gasteiger partial charge in [-0.2, -0.15) is 4.98 Å². The van der Waals surface area contributed by atoms with Crippen molar-refractivity contribution in [2.45, 2.75) is 27.7 Å². The fourth-order valence-corrected chi connectivity index (χ4v) is 4.53. The molecule has 11 heteroatoms. The van der Waals surface area contributed by atoms with E-state index in [0.29, 0.717) is 35.7 Å². The van der Waals surface area contributed by atoms with Gasteiger partial charge >= 0.3 is 5.63 Å². The predicted molar refractivity (Wildman–Crippen MR) is 150 cm³/mol. The molecular formula is C29H27N5O6. The van der Waals surface area contributed by atoms with Crippen LogP contribution in [0.5, 0.6) is 0 Å². The van der Waals surface area contributed by atoms with Gasteiger partial charge < -0.3 is 13.7 Å². The van der Waals surface area contributed by atoms with Crippen LogP contribution in [0.4, 0.5) is 5.95 Å². The third-order valence-electron chi connectivity index (χ3n) is 6.63. The Morgan fingerprint density at radius 1 is 0.925 bits per heavy atom. The van der Waals surface area contributed by atoms with Gasteiger partial charge in [0.25, 0.3) is 17.4 Å². The number of para-hydroxylation sites is 1. The Morgan fingerprint density at radius 2 is 1.60 bits per heavy atom. The number of furan rings is 1. The van der Waals surface area contributed by atoms with Crippen molar-refractivity contribution in [1.29, 1.82) is 0 Å². The second-order valence-electron chi connectivity index (χ2n) is 9.17. The monoisotopic (exact) mass is 541 g/mol. The van der Waals surface area contributed by atoms with Crippen LogP contribution < -0.4 is 26.9 Å². The maximum absolute atomic E-state index is 14.0. The molecule has 2 N–H and O–H groups in total. The van der Waals surface area contributed by atoms with Crippen LogP contribution in [0.3, 0.4) is 0 Å². The number of fused-ring (bicyclic) bond motifs is 2. The van der Waals surface area contributed by atoms with Gasteiger partial charge in [0.15, 0.2) is 0 Å². The highest BCUT2D eigenvalue weighted by atomic mass is 16.4. The van der Waals surface area contributed by atoms with E-state index in [-0.39, 0.29) is 28.0 Å². The SMILES string of the molecule is CCN(CC)c1nc2oc(C)c(C(=O)NNC(=O)c3cc4ccccc4oc3=O)c2c(=O)n1-c1ccc(C)cc1. The number of aromatic nitrogens is 2. The van der Waals surface area contributed by atoms with Gasteiger partial charge in [-0.05, 0) is 52.0 Å². The summed E-state index contributed by atoms with van der Waals surface area (Å²) in [7, 11) is 0. The zero-order chi connectivity index (χ0) is 28.6. The van der Waals surface area contributed by atoms with Crippen LogP contribution in [0, 0.1) is 13.8 Å². The number of aryl methyl sites for hydroxylation is 2. The number of nitrogens with zero attached hydrogens (tertiary/aromatic N) is 3. The summed E-state index contributed by atoms with van der Waals surface area (Å²) in [6.07, 6.45) is 0. The summed E-state index contributed by atoms with van der Waals surface area (Å²) < 4.78 is 12.4. The Labute approximate surface area is 228 Å². The first-order chi connectivity index (χ1) is 19.2. The van der Waals surface area contributed by atoms with Gasteiger partial charge in [0, 0.05) is 18.5 Å². The van der Waals surface area contributed by atoms with Gasteiger partial charge in [0.1, 0.15) is 22.3 Å². The van der Waals surface area contributed by atoms with E-state index in [1.807, 2.05) is 37.8 Å². The van der Waals surface area contributed by atoms with Crippen molar-refractivity contribution < 1.29 is 18.4 Å². The number of benzene rings is 2. The van der Waals surface area contributed by atoms with Gasteiger partial charge in [-0.25, -0.2) is 9.36 Å². The van der Waals surface area contributed by atoms with Crippen LogP contribution in [-0.2, 0) is 0 Å². The molecule has 5 rings (SSSR count). The topological polar surface area (TPSA) is 140 Å². The van der Waals surface area contributed by atoms with Gasteiger partial charge in [0.2, 0.25) is 11.7 Å². The maximum Gasteiger partial charge on any atom is 0.349 e. The Balaban J connectivity index is 1.54. The number of rotatable bonds is 6. The summed E-state index contributed by atoms with van der Waals surface area (Å²) in [5.74, 6) is -1.16. The summed E-state index contributed by atoms with van der Waals surface area (Å²) in [5.41, 5.74) is 4.70. The van der Waals surface area contributed by atoms with Crippen molar-refractivity contribution in [3.8, 4) is 5.69 Å². The molecule has 0 unspecified atom stereocenters. The molecule has 2 aromatic carbocycles. The van der Waals surface area contributed by atoms with E-state index < -0.39 is 23.0 Å². The van der Waals surface area contributed by atoms with Crippen LogP contribution >= 0.6 is 0 Å². The van der Waals surface area contributed by atoms with Crippen molar-refractivity contribution in [2.75, 3.05) is 18.0 Å². The number of hydrogen-bond donors (Lipinski definition) is 2. The van der Waals surface area contributed by atoms with Crippen LogP contribution in [-0.4, -0.2) is 34.5 Å². The smallest absolute Gasteiger partial charge is 0.349 e. The molecule has 0 saturated carbocycles. The van der Waals surface area contributed by atoms with Gasteiger partial charge in [-0.3, -0.25) is 25.2 Å². The molecule has 0 bridgehead atoms. The van der Waals surface area contributed by atoms with Crippen molar-refractivity contribution in [2.24, 2.45) is 0 Å². The van der Waals surface area contributed by atoms with Gasteiger partial charge in [-0.15, -0.1) is 0 Å². The fraction of sp³-hybridized carbons (Fsp3) is 0.207. The molecule has 0 radical (unpaired) electrons. The minimum absolute atomic E-state index is 0.000545. The molecule has 0 atom stereocenters. The first kappa shape index (κ1) is 26.4. The van der Waals surface area contributed by atoms with Crippen molar-refractivity contribution >= 4 is 39.8 Å². The van der Waals surface area contributed by atoms with E-state index in [1.54, 1.807) is 36.4 Å². The number of hydrazine groups is 1. The number of anilines is 1. The highest BCUT2D eigenvalue weighted by molar-refractivity contribution is 6.07. The maximum atomic E-state index is 14.0. The van der Waals surface area contributed by atoms with E-state index in [9.17, 15) is 19.2 Å². The molecule has 0 spiro atoms. The number of nitrogens with one attached hydrogen (secondary N) is 2. The molecule has 0 saturated heterocycles.